The van der Waals surface area contributed by atoms with Crippen molar-refractivity contribution in [3.8, 4) is 0 Å². The lowest BCUT2D eigenvalue weighted by molar-refractivity contribution is 0.205. The molecule has 2 N–H and O–H groups in total. The summed E-state index contributed by atoms with van der Waals surface area (Å²) in [5, 5.41) is 2.88. The molecular formula is C20H29N5O3S. The van der Waals surface area contributed by atoms with Crippen molar-refractivity contribution >= 4 is 27.4 Å². The molecular weight excluding hydrogens is 390 g/mol. The Labute approximate surface area is 172 Å². The number of benzene rings is 1. The normalized spacial score (nSPS) is 14.0. The fraction of sp³-hybridized carbons (Fsp3) is 0.500. The number of rotatable bonds is 6. The molecule has 2 amide bonds. The Morgan fingerprint density at radius 3 is 2.48 bits per heavy atom. The summed E-state index contributed by atoms with van der Waals surface area (Å²) < 4.78 is 28.4. The average molecular weight is 420 g/mol. The van der Waals surface area contributed by atoms with Crippen LogP contribution in [0.25, 0.3) is 0 Å². The molecule has 0 fully saturated rings. The highest BCUT2D eigenvalue weighted by Crippen LogP contribution is 2.24. The van der Waals surface area contributed by atoms with Gasteiger partial charge in [-0.15, -0.1) is 0 Å². The first-order chi connectivity index (χ1) is 13.7. The third kappa shape index (κ3) is 4.90. The van der Waals surface area contributed by atoms with Gasteiger partial charge < -0.3 is 14.8 Å². The lowest BCUT2D eigenvalue weighted by Crippen LogP contribution is -2.39. The van der Waals surface area contributed by atoms with Crippen molar-refractivity contribution in [2.45, 2.75) is 46.1 Å². The summed E-state index contributed by atoms with van der Waals surface area (Å²) in [5.74, 6) is 1.45. The van der Waals surface area contributed by atoms with Gasteiger partial charge >= 0.3 is 6.03 Å². The molecule has 0 aliphatic carbocycles. The molecule has 0 saturated heterocycles. The second kappa shape index (κ2) is 8.44. The zero-order chi connectivity index (χ0) is 21.2. The van der Waals surface area contributed by atoms with Crippen LogP contribution in [0, 0.1) is 0 Å². The van der Waals surface area contributed by atoms with E-state index in [2.05, 4.69) is 28.5 Å². The first-order valence-electron chi connectivity index (χ1n) is 9.91. The van der Waals surface area contributed by atoms with Crippen LogP contribution in [0.5, 0.6) is 0 Å². The molecule has 0 unspecified atom stereocenters. The van der Waals surface area contributed by atoms with Gasteiger partial charge in [-0.05, 0) is 30.7 Å². The number of aromatic nitrogens is 2. The van der Waals surface area contributed by atoms with Crippen LogP contribution < -0.4 is 10.0 Å². The highest BCUT2D eigenvalue weighted by Gasteiger charge is 2.26. The Hall–Kier alpha value is -2.55. The van der Waals surface area contributed by atoms with E-state index < -0.39 is 10.0 Å². The highest BCUT2D eigenvalue weighted by atomic mass is 32.2. The first-order valence-corrected chi connectivity index (χ1v) is 11.6. The van der Waals surface area contributed by atoms with Crippen molar-refractivity contribution in [3.05, 3.63) is 41.5 Å². The van der Waals surface area contributed by atoms with Gasteiger partial charge in [-0.1, -0.05) is 20.8 Å². The lowest BCUT2D eigenvalue weighted by Gasteiger charge is -2.27. The maximum Gasteiger partial charge on any atom is 0.322 e. The summed E-state index contributed by atoms with van der Waals surface area (Å²) >= 11 is 0. The van der Waals surface area contributed by atoms with Crippen molar-refractivity contribution < 1.29 is 13.2 Å². The van der Waals surface area contributed by atoms with Gasteiger partial charge in [-0.3, -0.25) is 4.72 Å². The van der Waals surface area contributed by atoms with Gasteiger partial charge in [0.25, 0.3) is 0 Å². The molecule has 2 aromatic rings. The molecule has 0 bridgehead atoms. The van der Waals surface area contributed by atoms with Crippen molar-refractivity contribution in [2.75, 3.05) is 22.3 Å². The number of hydrogen-bond acceptors (Lipinski definition) is 4. The van der Waals surface area contributed by atoms with E-state index >= 15 is 0 Å². The summed E-state index contributed by atoms with van der Waals surface area (Å²) in [6, 6.07) is 6.48. The zero-order valence-electron chi connectivity index (χ0n) is 17.4. The van der Waals surface area contributed by atoms with E-state index in [1.807, 2.05) is 14.0 Å². The van der Waals surface area contributed by atoms with Crippen LogP contribution >= 0.6 is 0 Å². The van der Waals surface area contributed by atoms with Gasteiger partial charge in [-0.25, -0.2) is 18.2 Å². The molecule has 8 nitrogen and oxygen atoms in total. The molecule has 0 spiro atoms. The zero-order valence-corrected chi connectivity index (χ0v) is 18.2. The number of hydrogen-bond donors (Lipinski definition) is 2. The van der Waals surface area contributed by atoms with Gasteiger partial charge in [0, 0.05) is 43.0 Å². The Balaban J connectivity index is 1.63. The summed E-state index contributed by atoms with van der Waals surface area (Å²) in [6.45, 7) is 7.16. The largest absolute Gasteiger partial charge is 0.334 e. The molecule has 0 radical (unpaired) electrons. The third-order valence-electron chi connectivity index (χ3n) is 4.98. The fourth-order valence-corrected chi connectivity index (χ4v) is 4.70. The fourth-order valence-electron chi connectivity index (χ4n) is 3.56. The van der Waals surface area contributed by atoms with Crippen LogP contribution in [-0.2, 0) is 30.0 Å². The summed E-state index contributed by atoms with van der Waals surface area (Å²) in [7, 11) is -1.29. The van der Waals surface area contributed by atoms with Crippen molar-refractivity contribution in [3.63, 3.8) is 0 Å². The Kier molecular flexibility index (Phi) is 6.16. The third-order valence-corrected chi connectivity index (χ3v) is 6.47. The van der Waals surface area contributed by atoms with E-state index in [-0.39, 0.29) is 11.8 Å². The topological polar surface area (TPSA) is 96.3 Å². The number of anilines is 2. The minimum absolute atomic E-state index is 0.0779. The predicted octanol–water partition coefficient (Wildman–Crippen LogP) is 3.29. The molecule has 158 valence electrons. The number of sulfonamides is 1. The number of carbonyl (C=O) groups is 1. The predicted molar refractivity (Wildman–Crippen MR) is 115 cm³/mol. The number of nitrogens with one attached hydrogen (secondary N) is 2. The molecule has 0 saturated carbocycles. The van der Waals surface area contributed by atoms with Gasteiger partial charge in [0.05, 0.1) is 18.0 Å². The number of urea groups is 1. The minimum Gasteiger partial charge on any atom is -0.334 e. The number of carbonyl (C=O) groups excluding carboxylic acids is 1. The molecule has 1 aliphatic heterocycles. The molecule has 1 aromatic heterocycles. The van der Waals surface area contributed by atoms with Gasteiger partial charge in [-0.2, -0.15) is 0 Å². The van der Waals surface area contributed by atoms with Crippen LogP contribution in [0.15, 0.2) is 24.3 Å². The lowest BCUT2D eigenvalue weighted by atomic mass is 10.1. The minimum atomic E-state index is -3.33. The van der Waals surface area contributed by atoms with Gasteiger partial charge in [0.15, 0.2) is 0 Å². The summed E-state index contributed by atoms with van der Waals surface area (Å²) in [6.07, 6.45) is 1.33. The van der Waals surface area contributed by atoms with E-state index in [9.17, 15) is 13.2 Å². The van der Waals surface area contributed by atoms with Crippen molar-refractivity contribution in [1.82, 2.24) is 14.5 Å². The van der Waals surface area contributed by atoms with E-state index in [1.54, 1.807) is 29.2 Å². The van der Waals surface area contributed by atoms with E-state index in [0.29, 0.717) is 36.8 Å². The molecule has 2 heterocycles. The van der Waals surface area contributed by atoms with Crippen LogP contribution in [0.4, 0.5) is 16.2 Å². The Bertz CT molecular complexity index is 980. The SMILES string of the molecule is CCCS(=O)(=O)Nc1ccc(NC(=O)N2CCc3c(nc(C(C)C)n3C)C2)cc1. The summed E-state index contributed by atoms with van der Waals surface area (Å²) in [4.78, 5) is 19.1. The van der Waals surface area contributed by atoms with Crippen LogP contribution in [0.2, 0.25) is 0 Å². The number of imidazole rings is 1. The number of fused-ring (bicyclic) bond motifs is 1. The standard InChI is InChI=1S/C20H29N5O3S/c1-5-12-29(27,28)23-16-8-6-15(7-9-16)21-20(26)25-11-10-18-17(13-25)22-19(14(2)3)24(18)4/h6-9,14,23H,5,10-13H2,1-4H3,(H,21,26). The maximum atomic E-state index is 12.7. The summed E-state index contributed by atoms with van der Waals surface area (Å²) in [5.41, 5.74) is 3.25. The quantitative estimate of drug-likeness (QED) is 0.751. The van der Waals surface area contributed by atoms with Crippen molar-refractivity contribution in [1.29, 1.82) is 0 Å². The highest BCUT2D eigenvalue weighted by molar-refractivity contribution is 7.92. The van der Waals surface area contributed by atoms with Crippen LogP contribution in [0.3, 0.4) is 0 Å². The Morgan fingerprint density at radius 2 is 1.86 bits per heavy atom. The van der Waals surface area contributed by atoms with Gasteiger partial charge in [0.2, 0.25) is 10.0 Å². The molecule has 1 aliphatic rings. The van der Waals surface area contributed by atoms with Crippen LogP contribution in [0.1, 0.15) is 50.3 Å². The van der Waals surface area contributed by atoms with Gasteiger partial charge in [0.1, 0.15) is 5.82 Å². The van der Waals surface area contributed by atoms with E-state index in [0.717, 1.165) is 17.9 Å². The molecule has 3 rings (SSSR count). The molecule has 0 atom stereocenters. The van der Waals surface area contributed by atoms with E-state index in [4.69, 9.17) is 4.98 Å². The second-order valence-electron chi connectivity index (χ2n) is 7.68. The van der Waals surface area contributed by atoms with Crippen molar-refractivity contribution in [2.24, 2.45) is 7.05 Å². The maximum absolute atomic E-state index is 12.7. The molecule has 9 heteroatoms. The Morgan fingerprint density at radius 1 is 1.21 bits per heavy atom. The molecule has 1 aromatic carbocycles. The number of amides is 2. The second-order valence-corrected chi connectivity index (χ2v) is 9.52. The first kappa shape index (κ1) is 21.2. The monoisotopic (exact) mass is 419 g/mol. The molecule has 29 heavy (non-hydrogen) atoms. The average Bonchev–Trinajstić information content (AvgIpc) is 2.99. The number of nitrogens with zero attached hydrogens (tertiary/aromatic N) is 3. The van der Waals surface area contributed by atoms with Crippen LogP contribution in [-0.4, -0.2) is 41.2 Å². The van der Waals surface area contributed by atoms with E-state index in [1.165, 1.54) is 5.69 Å². The smallest absolute Gasteiger partial charge is 0.322 e.